The second-order valence-corrected chi connectivity index (χ2v) is 9.49. The number of hydrogen-bond acceptors (Lipinski definition) is 5. The van der Waals surface area contributed by atoms with Crippen molar-refractivity contribution in [2.45, 2.75) is 32.8 Å². The highest BCUT2D eigenvalue weighted by molar-refractivity contribution is 6.01. The summed E-state index contributed by atoms with van der Waals surface area (Å²) in [6, 6.07) is 16.2. The molecule has 11 heteroatoms. The SMILES string of the molecule is Cc1nn2ccccc2c1C(=O)NCc1ccc(N2CCN(c3ccc(OC(F)(F)F)cc3)[C@@H](C)C2)c(F)c1. The van der Waals surface area contributed by atoms with Crippen molar-refractivity contribution in [3.8, 4) is 5.75 Å². The molecule has 0 saturated carbocycles. The summed E-state index contributed by atoms with van der Waals surface area (Å²) < 4.78 is 58.0. The molecule has 1 atom stereocenters. The van der Waals surface area contributed by atoms with Gasteiger partial charge in [0.25, 0.3) is 5.91 Å². The number of alkyl halides is 3. The Kier molecular flexibility index (Phi) is 7.07. The third-order valence-electron chi connectivity index (χ3n) is 6.78. The Morgan fingerprint density at radius 3 is 2.56 bits per heavy atom. The van der Waals surface area contributed by atoms with E-state index in [4.69, 9.17) is 0 Å². The Morgan fingerprint density at radius 1 is 1.10 bits per heavy atom. The summed E-state index contributed by atoms with van der Waals surface area (Å²) >= 11 is 0. The molecule has 2 aromatic carbocycles. The van der Waals surface area contributed by atoms with Crippen molar-refractivity contribution in [1.82, 2.24) is 14.9 Å². The molecule has 1 saturated heterocycles. The number of aromatic nitrogens is 2. The van der Waals surface area contributed by atoms with Crippen LogP contribution in [0.3, 0.4) is 0 Å². The fraction of sp³-hybridized carbons (Fsp3) is 0.286. The number of nitrogens with one attached hydrogen (secondary N) is 1. The molecule has 0 radical (unpaired) electrons. The molecule has 2 aromatic heterocycles. The van der Waals surface area contributed by atoms with E-state index in [1.165, 1.54) is 18.2 Å². The van der Waals surface area contributed by atoms with Crippen molar-refractivity contribution < 1.29 is 27.1 Å². The molecule has 1 aliphatic heterocycles. The monoisotopic (exact) mass is 541 g/mol. The number of rotatable bonds is 6. The van der Waals surface area contributed by atoms with Crippen LogP contribution in [0.5, 0.6) is 5.75 Å². The zero-order valence-electron chi connectivity index (χ0n) is 21.4. The van der Waals surface area contributed by atoms with Crippen LogP contribution in [0.25, 0.3) is 5.52 Å². The molecular formula is C28H27F4N5O2. The molecule has 0 bridgehead atoms. The van der Waals surface area contributed by atoms with Crippen molar-refractivity contribution in [1.29, 1.82) is 0 Å². The van der Waals surface area contributed by atoms with E-state index in [-0.39, 0.29) is 30.1 Å². The minimum atomic E-state index is -4.74. The topological polar surface area (TPSA) is 62.1 Å². The second-order valence-electron chi connectivity index (χ2n) is 9.49. The van der Waals surface area contributed by atoms with Gasteiger partial charge in [-0.2, -0.15) is 5.10 Å². The van der Waals surface area contributed by atoms with Gasteiger partial charge in [0.15, 0.2) is 0 Å². The average Bonchev–Trinajstić information content (AvgIpc) is 3.23. The first-order chi connectivity index (χ1) is 18.6. The minimum absolute atomic E-state index is 0.0133. The summed E-state index contributed by atoms with van der Waals surface area (Å²) in [5.41, 5.74) is 3.66. The first-order valence-electron chi connectivity index (χ1n) is 12.5. The number of pyridine rings is 1. The normalized spacial score (nSPS) is 16.0. The highest BCUT2D eigenvalue weighted by Gasteiger charge is 2.31. The summed E-state index contributed by atoms with van der Waals surface area (Å²) in [5, 5.41) is 7.21. The van der Waals surface area contributed by atoms with Gasteiger partial charge in [-0.05, 0) is 67.9 Å². The van der Waals surface area contributed by atoms with Gasteiger partial charge >= 0.3 is 6.36 Å². The highest BCUT2D eigenvalue weighted by Crippen LogP contribution is 2.29. The maximum atomic E-state index is 15.1. The van der Waals surface area contributed by atoms with E-state index >= 15 is 4.39 Å². The first-order valence-corrected chi connectivity index (χ1v) is 12.5. The van der Waals surface area contributed by atoms with Gasteiger partial charge in [-0.1, -0.05) is 12.1 Å². The van der Waals surface area contributed by atoms with Gasteiger partial charge in [0, 0.05) is 44.1 Å². The Bertz CT molecular complexity index is 1490. The number of carbonyl (C=O) groups is 1. The van der Waals surface area contributed by atoms with Gasteiger partial charge in [-0.3, -0.25) is 4.79 Å². The maximum absolute atomic E-state index is 15.1. The van der Waals surface area contributed by atoms with E-state index in [9.17, 15) is 18.0 Å². The van der Waals surface area contributed by atoms with Crippen molar-refractivity contribution >= 4 is 22.8 Å². The number of amides is 1. The second kappa shape index (κ2) is 10.5. The number of aryl methyl sites for hydroxylation is 1. The van der Waals surface area contributed by atoms with Crippen LogP contribution in [0.4, 0.5) is 28.9 Å². The summed E-state index contributed by atoms with van der Waals surface area (Å²) in [6.07, 6.45) is -2.96. The molecule has 1 fully saturated rings. The predicted octanol–water partition coefficient (Wildman–Crippen LogP) is 5.33. The van der Waals surface area contributed by atoms with Crippen LogP contribution in [-0.2, 0) is 6.54 Å². The van der Waals surface area contributed by atoms with Crippen LogP contribution < -0.4 is 19.9 Å². The maximum Gasteiger partial charge on any atom is 0.573 e. The number of ether oxygens (including phenoxy) is 1. The van der Waals surface area contributed by atoms with Gasteiger partial charge < -0.3 is 19.9 Å². The molecule has 1 N–H and O–H groups in total. The molecule has 4 aromatic rings. The molecule has 39 heavy (non-hydrogen) atoms. The van der Waals surface area contributed by atoms with Crippen LogP contribution in [-0.4, -0.2) is 47.6 Å². The van der Waals surface area contributed by atoms with E-state index in [0.29, 0.717) is 47.7 Å². The lowest BCUT2D eigenvalue weighted by molar-refractivity contribution is -0.274. The van der Waals surface area contributed by atoms with E-state index in [1.807, 2.05) is 30.0 Å². The quantitative estimate of drug-likeness (QED) is 0.335. The number of benzene rings is 2. The molecule has 1 aliphatic rings. The Hall–Kier alpha value is -4.28. The third kappa shape index (κ3) is 5.76. The average molecular weight is 542 g/mol. The number of halogens is 4. The zero-order valence-corrected chi connectivity index (χ0v) is 21.4. The Balaban J connectivity index is 1.20. The molecule has 3 heterocycles. The highest BCUT2D eigenvalue weighted by atomic mass is 19.4. The van der Waals surface area contributed by atoms with Crippen LogP contribution in [0.1, 0.15) is 28.5 Å². The van der Waals surface area contributed by atoms with Gasteiger partial charge in [0.2, 0.25) is 0 Å². The summed E-state index contributed by atoms with van der Waals surface area (Å²) in [6.45, 7) is 5.55. The van der Waals surface area contributed by atoms with E-state index in [1.54, 1.807) is 41.9 Å². The smallest absolute Gasteiger partial charge is 0.406 e. The lowest BCUT2D eigenvalue weighted by Gasteiger charge is -2.42. The first kappa shape index (κ1) is 26.3. The standard InChI is InChI=1S/C28H27F4N5O2/c1-18-17-35(13-14-36(18)21-7-9-22(10-8-21)39-28(30,31)32)24-11-6-20(15-23(24)29)16-33-27(38)26-19(2)34-37-12-4-3-5-25(26)37/h3-12,15,18H,13-14,16-17H2,1-2H3,(H,33,38)/t18-/m0/s1. The molecule has 0 aliphatic carbocycles. The summed E-state index contributed by atoms with van der Waals surface area (Å²) in [7, 11) is 0. The van der Waals surface area contributed by atoms with E-state index in [2.05, 4.69) is 20.1 Å². The van der Waals surface area contributed by atoms with Gasteiger partial charge in [-0.25, -0.2) is 8.91 Å². The van der Waals surface area contributed by atoms with Crippen LogP contribution in [0.15, 0.2) is 66.9 Å². The number of nitrogens with zero attached hydrogens (tertiary/aromatic N) is 4. The lowest BCUT2D eigenvalue weighted by Crippen LogP contribution is -2.52. The Morgan fingerprint density at radius 2 is 1.87 bits per heavy atom. The fourth-order valence-electron chi connectivity index (χ4n) is 4.98. The molecule has 204 valence electrons. The predicted molar refractivity (Wildman–Crippen MR) is 140 cm³/mol. The van der Waals surface area contributed by atoms with Crippen LogP contribution in [0.2, 0.25) is 0 Å². The van der Waals surface area contributed by atoms with Crippen LogP contribution >= 0.6 is 0 Å². The van der Waals surface area contributed by atoms with Crippen LogP contribution in [0, 0.1) is 12.7 Å². The lowest BCUT2D eigenvalue weighted by atomic mass is 10.1. The molecule has 7 nitrogen and oxygen atoms in total. The largest absolute Gasteiger partial charge is 0.573 e. The van der Waals surface area contributed by atoms with Crippen molar-refractivity contribution in [2.75, 3.05) is 29.4 Å². The number of piperazine rings is 1. The van der Waals surface area contributed by atoms with Gasteiger partial charge in [0.05, 0.1) is 22.5 Å². The molecule has 0 unspecified atom stereocenters. The Labute approximate surface area is 222 Å². The summed E-state index contributed by atoms with van der Waals surface area (Å²) in [5.74, 6) is -0.936. The molecule has 5 rings (SSSR count). The van der Waals surface area contributed by atoms with Gasteiger partial charge in [0.1, 0.15) is 11.6 Å². The number of hydrogen-bond donors (Lipinski definition) is 1. The van der Waals surface area contributed by atoms with E-state index in [0.717, 1.165) is 5.69 Å². The van der Waals surface area contributed by atoms with Crippen molar-refractivity contribution in [2.24, 2.45) is 0 Å². The zero-order chi connectivity index (χ0) is 27.7. The minimum Gasteiger partial charge on any atom is -0.406 e. The van der Waals surface area contributed by atoms with Gasteiger partial charge in [-0.15, -0.1) is 13.2 Å². The fourth-order valence-corrected chi connectivity index (χ4v) is 4.98. The van der Waals surface area contributed by atoms with Crippen molar-refractivity contribution in [3.63, 3.8) is 0 Å². The van der Waals surface area contributed by atoms with E-state index < -0.39 is 6.36 Å². The number of carbonyl (C=O) groups excluding carboxylic acids is 1. The number of fused-ring (bicyclic) bond motifs is 1. The molecule has 0 spiro atoms. The van der Waals surface area contributed by atoms with Crippen molar-refractivity contribution in [3.05, 3.63) is 89.5 Å². The summed E-state index contributed by atoms with van der Waals surface area (Å²) in [4.78, 5) is 16.9. The number of anilines is 2. The third-order valence-corrected chi connectivity index (χ3v) is 6.78. The molecular weight excluding hydrogens is 514 g/mol. The molecule has 1 amide bonds.